The summed E-state index contributed by atoms with van der Waals surface area (Å²) in [6.07, 6.45) is 1.01. The molecule has 0 aliphatic rings. The third-order valence-corrected chi connectivity index (χ3v) is 3.93. The molecule has 0 unspecified atom stereocenters. The molecule has 0 saturated heterocycles. The van der Waals surface area contributed by atoms with Crippen LogP contribution < -0.4 is 9.47 Å². The van der Waals surface area contributed by atoms with E-state index in [2.05, 4.69) is 18.7 Å². The van der Waals surface area contributed by atoms with Crippen molar-refractivity contribution in [2.45, 2.75) is 27.2 Å². The van der Waals surface area contributed by atoms with Crippen molar-refractivity contribution < 1.29 is 9.47 Å². The summed E-state index contributed by atoms with van der Waals surface area (Å²) in [6.45, 7) is 10.4. The highest BCUT2D eigenvalue weighted by Crippen LogP contribution is 2.32. The maximum absolute atomic E-state index is 6.03. The Balaban J connectivity index is 0.00000288. The number of rotatable bonds is 9. The zero-order valence-electron chi connectivity index (χ0n) is 14.8. The van der Waals surface area contributed by atoms with Gasteiger partial charge in [0.25, 0.3) is 0 Å². The zero-order valence-corrected chi connectivity index (χ0v) is 15.6. The van der Waals surface area contributed by atoms with Gasteiger partial charge in [0, 0.05) is 6.54 Å². The number of para-hydroxylation sites is 3. The molecule has 0 spiro atoms. The van der Waals surface area contributed by atoms with Gasteiger partial charge in [0.2, 0.25) is 0 Å². The Morgan fingerprint density at radius 1 is 0.833 bits per heavy atom. The highest BCUT2D eigenvalue weighted by molar-refractivity contribution is 5.85. The van der Waals surface area contributed by atoms with Crippen LogP contribution >= 0.6 is 12.4 Å². The molecule has 132 valence electrons. The second-order valence-corrected chi connectivity index (χ2v) is 5.54. The largest absolute Gasteiger partial charge is 0.490 e. The maximum Gasteiger partial charge on any atom is 0.169 e. The highest BCUT2D eigenvalue weighted by atomic mass is 35.5. The zero-order chi connectivity index (χ0) is 16.5. The Morgan fingerprint density at radius 2 is 1.42 bits per heavy atom. The summed E-state index contributed by atoms with van der Waals surface area (Å²) >= 11 is 0. The molecule has 2 aromatic carbocycles. The minimum Gasteiger partial charge on any atom is -0.490 e. The summed E-state index contributed by atoms with van der Waals surface area (Å²) < 4.78 is 12.0. The monoisotopic (exact) mass is 349 g/mol. The molecule has 0 aliphatic carbocycles. The van der Waals surface area contributed by atoms with Crippen LogP contribution in [0.25, 0.3) is 0 Å². The summed E-state index contributed by atoms with van der Waals surface area (Å²) in [5, 5.41) is 0. The van der Waals surface area contributed by atoms with Gasteiger partial charge in [0.05, 0.1) is 6.61 Å². The standard InChI is InChI=1S/C20H27NO2.ClH/c1-4-21(5-2)15-10-16-22-19-13-8-9-14-20(19)23-18-12-7-6-11-17(18)3;/h6-9,11-14H,4-5,10,15-16H2,1-3H3;1H. The molecule has 0 amide bonds. The van der Waals surface area contributed by atoms with Gasteiger partial charge in [-0.25, -0.2) is 0 Å². The molecule has 0 aliphatic heterocycles. The van der Waals surface area contributed by atoms with Crippen LogP contribution in [0.1, 0.15) is 25.8 Å². The molecular weight excluding hydrogens is 322 g/mol. The molecule has 0 heterocycles. The first-order chi connectivity index (χ1) is 11.2. The highest BCUT2D eigenvalue weighted by Gasteiger charge is 2.07. The Kier molecular flexibility index (Phi) is 9.28. The first kappa shape index (κ1) is 20.3. The molecule has 24 heavy (non-hydrogen) atoms. The Labute approximate surface area is 152 Å². The molecule has 2 rings (SSSR count). The van der Waals surface area contributed by atoms with Gasteiger partial charge in [-0.05, 0) is 50.2 Å². The predicted octanol–water partition coefficient (Wildman–Crippen LogP) is 5.32. The average Bonchev–Trinajstić information content (AvgIpc) is 2.58. The van der Waals surface area contributed by atoms with Crippen LogP contribution in [0.3, 0.4) is 0 Å². The second kappa shape index (κ2) is 11.0. The lowest BCUT2D eigenvalue weighted by atomic mass is 10.2. The van der Waals surface area contributed by atoms with Crippen LogP contribution in [0.2, 0.25) is 0 Å². The van der Waals surface area contributed by atoms with Crippen molar-refractivity contribution in [1.29, 1.82) is 0 Å². The Morgan fingerprint density at radius 3 is 2.04 bits per heavy atom. The van der Waals surface area contributed by atoms with E-state index < -0.39 is 0 Å². The lowest BCUT2D eigenvalue weighted by Crippen LogP contribution is -2.25. The SMILES string of the molecule is CCN(CC)CCCOc1ccccc1Oc1ccccc1C.Cl. The summed E-state index contributed by atoms with van der Waals surface area (Å²) in [4.78, 5) is 2.40. The molecule has 0 saturated carbocycles. The fourth-order valence-electron chi connectivity index (χ4n) is 2.45. The van der Waals surface area contributed by atoms with Crippen molar-refractivity contribution >= 4 is 12.4 Å². The van der Waals surface area contributed by atoms with Crippen LogP contribution in [0, 0.1) is 6.92 Å². The third-order valence-electron chi connectivity index (χ3n) is 3.93. The van der Waals surface area contributed by atoms with E-state index in [1.54, 1.807) is 0 Å². The number of nitrogens with zero attached hydrogens (tertiary/aromatic N) is 1. The van der Waals surface area contributed by atoms with Crippen LogP contribution in [0.4, 0.5) is 0 Å². The molecule has 0 radical (unpaired) electrons. The van der Waals surface area contributed by atoms with Crippen molar-refractivity contribution in [2.24, 2.45) is 0 Å². The van der Waals surface area contributed by atoms with Gasteiger partial charge in [0.1, 0.15) is 5.75 Å². The first-order valence-electron chi connectivity index (χ1n) is 8.42. The summed E-state index contributed by atoms with van der Waals surface area (Å²) in [5.74, 6) is 2.44. The minimum atomic E-state index is 0. The van der Waals surface area contributed by atoms with E-state index in [0.29, 0.717) is 6.61 Å². The van der Waals surface area contributed by atoms with Gasteiger partial charge in [-0.1, -0.05) is 44.2 Å². The lowest BCUT2D eigenvalue weighted by molar-refractivity contribution is 0.244. The van der Waals surface area contributed by atoms with Crippen molar-refractivity contribution in [3.05, 3.63) is 54.1 Å². The van der Waals surface area contributed by atoms with Crippen molar-refractivity contribution in [2.75, 3.05) is 26.2 Å². The number of aryl methyl sites for hydroxylation is 1. The second-order valence-electron chi connectivity index (χ2n) is 5.54. The molecule has 0 bridgehead atoms. The lowest BCUT2D eigenvalue weighted by Gasteiger charge is -2.18. The average molecular weight is 350 g/mol. The fraction of sp³-hybridized carbons (Fsp3) is 0.400. The predicted molar refractivity (Wildman–Crippen MR) is 103 cm³/mol. The molecule has 0 aromatic heterocycles. The molecule has 3 nitrogen and oxygen atoms in total. The molecule has 0 atom stereocenters. The van der Waals surface area contributed by atoms with Gasteiger partial charge in [-0.15, -0.1) is 12.4 Å². The van der Waals surface area contributed by atoms with E-state index in [9.17, 15) is 0 Å². The minimum absolute atomic E-state index is 0. The van der Waals surface area contributed by atoms with Crippen LogP contribution in [-0.4, -0.2) is 31.1 Å². The quantitative estimate of drug-likeness (QED) is 0.572. The van der Waals surface area contributed by atoms with Gasteiger partial charge in [0.15, 0.2) is 11.5 Å². The number of benzene rings is 2. The Hall–Kier alpha value is -1.71. The van der Waals surface area contributed by atoms with Crippen molar-refractivity contribution in [3.63, 3.8) is 0 Å². The molecule has 0 fully saturated rings. The van der Waals surface area contributed by atoms with Crippen molar-refractivity contribution in [3.8, 4) is 17.2 Å². The fourth-order valence-corrected chi connectivity index (χ4v) is 2.45. The van der Waals surface area contributed by atoms with Crippen molar-refractivity contribution in [1.82, 2.24) is 4.90 Å². The third kappa shape index (κ3) is 6.06. The van der Waals surface area contributed by atoms with Gasteiger partial charge in [-0.2, -0.15) is 0 Å². The number of hydrogen-bond donors (Lipinski definition) is 0. The van der Waals surface area contributed by atoms with E-state index in [1.807, 2.05) is 55.5 Å². The van der Waals surface area contributed by atoms with E-state index in [4.69, 9.17) is 9.47 Å². The molecule has 2 aromatic rings. The number of hydrogen-bond acceptors (Lipinski definition) is 3. The summed E-state index contributed by atoms with van der Waals surface area (Å²) in [6, 6.07) is 15.9. The smallest absolute Gasteiger partial charge is 0.169 e. The number of ether oxygens (including phenoxy) is 2. The topological polar surface area (TPSA) is 21.7 Å². The van der Waals surface area contributed by atoms with E-state index in [-0.39, 0.29) is 12.4 Å². The van der Waals surface area contributed by atoms with Gasteiger partial charge < -0.3 is 14.4 Å². The molecule has 0 N–H and O–H groups in total. The Bertz CT molecular complexity index is 600. The van der Waals surface area contributed by atoms with Crippen LogP contribution in [-0.2, 0) is 0 Å². The molecule has 4 heteroatoms. The van der Waals surface area contributed by atoms with E-state index in [0.717, 1.165) is 48.9 Å². The van der Waals surface area contributed by atoms with Gasteiger partial charge in [-0.3, -0.25) is 0 Å². The first-order valence-corrected chi connectivity index (χ1v) is 8.42. The summed E-state index contributed by atoms with van der Waals surface area (Å²) in [5.41, 5.74) is 1.11. The van der Waals surface area contributed by atoms with Gasteiger partial charge >= 0.3 is 0 Å². The molecular formula is C20H28ClNO2. The van der Waals surface area contributed by atoms with E-state index >= 15 is 0 Å². The normalized spacial score (nSPS) is 10.3. The summed E-state index contributed by atoms with van der Waals surface area (Å²) in [7, 11) is 0. The maximum atomic E-state index is 6.03. The number of halogens is 1. The van der Waals surface area contributed by atoms with Crippen LogP contribution in [0.15, 0.2) is 48.5 Å². The van der Waals surface area contributed by atoms with E-state index in [1.165, 1.54) is 0 Å². The van der Waals surface area contributed by atoms with Crippen LogP contribution in [0.5, 0.6) is 17.2 Å².